The fraction of sp³-hybridized carbons (Fsp3) is 0.462. The summed E-state index contributed by atoms with van der Waals surface area (Å²) < 4.78 is 0. The highest BCUT2D eigenvalue weighted by molar-refractivity contribution is 7.07. The van der Waals surface area contributed by atoms with E-state index in [1.807, 2.05) is 16.8 Å². The van der Waals surface area contributed by atoms with Crippen LogP contribution in [-0.4, -0.2) is 35.0 Å². The largest absolute Gasteiger partial charge is 0.481 e. The number of hydrogen-bond acceptors (Lipinski definition) is 4. The Kier molecular flexibility index (Phi) is 5.26. The van der Waals surface area contributed by atoms with E-state index in [9.17, 15) is 14.4 Å². The van der Waals surface area contributed by atoms with E-state index in [0.717, 1.165) is 5.56 Å². The molecule has 0 radical (unpaired) electrons. The SMILES string of the molecule is CN(Cc1ccsc1)C(=O)NC(=O)CC(C)(C)C(=O)O. The Hall–Kier alpha value is -1.89. The molecule has 0 aliphatic carbocycles. The van der Waals surface area contributed by atoms with Crippen molar-refractivity contribution in [2.75, 3.05) is 7.05 Å². The molecule has 0 saturated heterocycles. The van der Waals surface area contributed by atoms with E-state index in [1.54, 1.807) is 7.05 Å². The van der Waals surface area contributed by atoms with Gasteiger partial charge in [0.05, 0.1) is 5.41 Å². The van der Waals surface area contributed by atoms with Crippen LogP contribution in [-0.2, 0) is 16.1 Å². The molecule has 6 nitrogen and oxygen atoms in total. The average Bonchev–Trinajstić information content (AvgIpc) is 2.80. The Morgan fingerprint density at radius 3 is 2.55 bits per heavy atom. The first-order valence-electron chi connectivity index (χ1n) is 6.02. The van der Waals surface area contributed by atoms with Crippen molar-refractivity contribution in [1.29, 1.82) is 0 Å². The Balaban J connectivity index is 2.49. The van der Waals surface area contributed by atoms with Crippen LogP contribution in [0.3, 0.4) is 0 Å². The standard InChI is InChI=1S/C13H18N2O4S/c1-13(2,11(17)18)6-10(16)14-12(19)15(3)7-9-4-5-20-8-9/h4-5,8H,6-7H2,1-3H3,(H,17,18)(H,14,16,19). The molecule has 1 aromatic rings. The molecule has 3 amide bonds. The van der Waals surface area contributed by atoms with E-state index in [1.165, 1.54) is 30.1 Å². The minimum Gasteiger partial charge on any atom is -0.481 e. The number of aliphatic carboxylic acids is 1. The van der Waals surface area contributed by atoms with Crippen LogP contribution in [0.2, 0.25) is 0 Å². The van der Waals surface area contributed by atoms with E-state index in [4.69, 9.17) is 5.11 Å². The van der Waals surface area contributed by atoms with Crippen molar-refractivity contribution in [3.8, 4) is 0 Å². The fourth-order valence-electron chi connectivity index (χ4n) is 1.46. The highest BCUT2D eigenvalue weighted by atomic mass is 32.1. The van der Waals surface area contributed by atoms with Gasteiger partial charge >= 0.3 is 12.0 Å². The Morgan fingerprint density at radius 2 is 2.05 bits per heavy atom. The number of imide groups is 1. The number of carbonyl (C=O) groups is 3. The maximum atomic E-state index is 11.8. The van der Waals surface area contributed by atoms with Crippen molar-refractivity contribution in [2.45, 2.75) is 26.8 Å². The third-order valence-electron chi connectivity index (χ3n) is 2.77. The maximum Gasteiger partial charge on any atom is 0.324 e. The summed E-state index contributed by atoms with van der Waals surface area (Å²) in [5, 5.41) is 14.9. The summed E-state index contributed by atoms with van der Waals surface area (Å²) in [6.45, 7) is 3.27. The van der Waals surface area contributed by atoms with Crippen LogP contribution in [0.1, 0.15) is 25.8 Å². The topological polar surface area (TPSA) is 86.7 Å². The number of urea groups is 1. The number of carbonyl (C=O) groups excluding carboxylic acids is 2. The maximum absolute atomic E-state index is 11.8. The van der Waals surface area contributed by atoms with Gasteiger partial charge in [0.15, 0.2) is 0 Å². The zero-order valence-corrected chi connectivity index (χ0v) is 12.5. The molecule has 0 fully saturated rings. The first kappa shape index (κ1) is 16.2. The van der Waals surface area contributed by atoms with Gasteiger partial charge in [-0.2, -0.15) is 11.3 Å². The van der Waals surface area contributed by atoms with Gasteiger partial charge in [0.1, 0.15) is 0 Å². The molecule has 0 unspecified atom stereocenters. The minimum atomic E-state index is -1.20. The average molecular weight is 298 g/mol. The predicted molar refractivity (Wildman–Crippen MR) is 75.4 cm³/mol. The zero-order valence-electron chi connectivity index (χ0n) is 11.7. The lowest BCUT2D eigenvalue weighted by atomic mass is 9.89. The van der Waals surface area contributed by atoms with Crippen LogP contribution >= 0.6 is 11.3 Å². The van der Waals surface area contributed by atoms with E-state index in [2.05, 4.69) is 5.32 Å². The second kappa shape index (κ2) is 6.51. The zero-order chi connectivity index (χ0) is 15.3. The molecule has 0 atom stereocenters. The predicted octanol–water partition coefficient (Wildman–Crippen LogP) is 1.92. The third-order valence-corrected chi connectivity index (χ3v) is 3.51. The van der Waals surface area contributed by atoms with Gasteiger partial charge in [-0.1, -0.05) is 0 Å². The van der Waals surface area contributed by atoms with Crippen LogP contribution in [0, 0.1) is 5.41 Å². The molecule has 2 N–H and O–H groups in total. The summed E-state index contributed by atoms with van der Waals surface area (Å²) in [5.41, 5.74) is -0.220. The fourth-order valence-corrected chi connectivity index (χ4v) is 2.12. The summed E-state index contributed by atoms with van der Waals surface area (Å²) in [4.78, 5) is 35.7. The molecule has 0 spiro atoms. The lowest BCUT2D eigenvalue weighted by molar-refractivity contribution is -0.149. The molecule has 0 aromatic carbocycles. The number of hydrogen-bond donors (Lipinski definition) is 2. The van der Waals surface area contributed by atoms with Gasteiger partial charge in [0.25, 0.3) is 0 Å². The summed E-state index contributed by atoms with van der Waals surface area (Å²) in [6.07, 6.45) is -0.250. The van der Waals surface area contributed by atoms with Crippen molar-refractivity contribution in [2.24, 2.45) is 5.41 Å². The molecule has 0 bridgehead atoms. The van der Waals surface area contributed by atoms with Crippen molar-refractivity contribution < 1.29 is 19.5 Å². The molecule has 7 heteroatoms. The van der Waals surface area contributed by atoms with Gasteiger partial charge in [-0.05, 0) is 36.2 Å². The van der Waals surface area contributed by atoms with E-state index in [-0.39, 0.29) is 6.42 Å². The molecule has 1 heterocycles. The van der Waals surface area contributed by atoms with Crippen LogP contribution in [0.5, 0.6) is 0 Å². The van der Waals surface area contributed by atoms with Crippen molar-refractivity contribution in [3.63, 3.8) is 0 Å². The molecule has 0 saturated carbocycles. The minimum absolute atomic E-state index is 0.250. The third kappa shape index (κ3) is 4.65. The number of nitrogens with one attached hydrogen (secondary N) is 1. The van der Waals surface area contributed by atoms with Gasteiger partial charge in [0.2, 0.25) is 5.91 Å². The van der Waals surface area contributed by atoms with Crippen molar-refractivity contribution >= 4 is 29.2 Å². The van der Waals surface area contributed by atoms with Gasteiger partial charge in [-0.15, -0.1) is 0 Å². The summed E-state index contributed by atoms with van der Waals surface area (Å²) in [7, 11) is 1.57. The molecular weight excluding hydrogens is 280 g/mol. The van der Waals surface area contributed by atoms with E-state index in [0.29, 0.717) is 6.54 Å². The molecule has 1 rings (SSSR count). The normalized spacial score (nSPS) is 10.9. The lowest BCUT2D eigenvalue weighted by Gasteiger charge is -2.20. The smallest absolute Gasteiger partial charge is 0.324 e. The van der Waals surface area contributed by atoms with Crippen LogP contribution in [0.25, 0.3) is 0 Å². The van der Waals surface area contributed by atoms with E-state index < -0.39 is 23.3 Å². The van der Waals surface area contributed by atoms with Crippen LogP contribution in [0.15, 0.2) is 16.8 Å². The van der Waals surface area contributed by atoms with Crippen molar-refractivity contribution in [1.82, 2.24) is 10.2 Å². The number of amides is 3. The number of rotatable bonds is 5. The van der Waals surface area contributed by atoms with Crippen LogP contribution in [0.4, 0.5) is 4.79 Å². The first-order chi connectivity index (χ1) is 9.22. The van der Waals surface area contributed by atoms with E-state index >= 15 is 0 Å². The highest BCUT2D eigenvalue weighted by Crippen LogP contribution is 2.20. The second-order valence-electron chi connectivity index (χ2n) is 5.21. The first-order valence-corrected chi connectivity index (χ1v) is 6.96. The van der Waals surface area contributed by atoms with Gasteiger partial charge in [-0.3, -0.25) is 14.9 Å². The Bertz CT molecular complexity index is 496. The molecule has 110 valence electrons. The monoisotopic (exact) mass is 298 g/mol. The lowest BCUT2D eigenvalue weighted by Crippen LogP contribution is -2.42. The summed E-state index contributed by atoms with van der Waals surface area (Å²) >= 11 is 1.53. The van der Waals surface area contributed by atoms with Crippen molar-refractivity contribution in [3.05, 3.63) is 22.4 Å². The second-order valence-corrected chi connectivity index (χ2v) is 5.99. The Labute approximate surface area is 121 Å². The highest BCUT2D eigenvalue weighted by Gasteiger charge is 2.31. The van der Waals surface area contributed by atoms with Gasteiger partial charge in [0, 0.05) is 20.0 Å². The summed E-state index contributed by atoms with van der Waals surface area (Å²) in [6, 6.07) is 1.35. The van der Waals surface area contributed by atoms with Gasteiger partial charge in [-0.25, -0.2) is 4.79 Å². The molecule has 20 heavy (non-hydrogen) atoms. The Morgan fingerprint density at radius 1 is 1.40 bits per heavy atom. The quantitative estimate of drug-likeness (QED) is 0.869. The number of thiophene rings is 1. The number of carboxylic acid groups (broad SMARTS) is 1. The van der Waals surface area contributed by atoms with Crippen LogP contribution < -0.4 is 5.32 Å². The molecule has 0 aliphatic heterocycles. The number of nitrogens with zero attached hydrogens (tertiary/aromatic N) is 1. The summed E-state index contributed by atoms with van der Waals surface area (Å²) in [5.74, 6) is -1.67. The van der Waals surface area contributed by atoms with Gasteiger partial charge < -0.3 is 10.0 Å². The molecular formula is C13H18N2O4S. The molecule has 1 aromatic heterocycles. The number of carboxylic acids is 1. The molecule has 0 aliphatic rings.